The first-order chi connectivity index (χ1) is 15.6. The second kappa shape index (κ2) is 8.82. The molecule has 1 fully saturated rings. The third-order valence-electron chi connectivity index (χ3n) is 5.88. The molecular weight excluding hydrogens is 452 g/mol. The minimum absolute atomic E-state index is 0.118. The predicted octanol–water partition coefficient (Wildman–Crippen LogP) is 7.20. The van der Waals surface area contributed by atoms with Crippen molar-refractivity contribution in [2.24, 2.45) is 5.92 Å². The highest BCUT2D eigenvalue weighted by molar-refractivity contribution is 6.30. The number of alkyl halides is 3. The van der Waals surface area contributed by atoms with E-state index >= 15 is 0 Å². The Labute approximate surface area is 195 Å². The molecule has 0 amide bonds. The molecule has 1 aromatic heterocycles. The Morgan fingerprint density at radius 2 is 1.82 bits per heavy atom. The number of rotatable bonds is 7. The fourth-order valence-electron chi connectivity index (χ4n) is 4.09. The van der Waals surface area contributed by atoms with E-state index in [1.165, 1.54) is 6.20 Å². The molecule has 1 N–H and O–H groups in total. The maximum Gasteiger partial charge on any atom is 0.416 e. The second-order valence-electron chi connectivity index (χ2n) is 8.58. The van der Waals surface area contributed by atoms with E-state index in [1.54, 1.807) is 12.1 Å². The molecule has 0 spiro atoms. The van der Waals surface area contributed by atoms with Crippen LogP contribution in [0.2, 0.25) is 5.02 Å². The highest BCUT2D eigenvalue weighted by Crippen LogP contribution is 2.41. The van der Waals surface area contributed by atoms with E-state index in [0.717, 1.165) is 36.1 Å². The zero-order valence-electron chi connectivity index (χ0n) is 18.0. The number of hydrogen-bond acceptors (Lipinski definition) is 2. The Hall–Kier alpha value is -2.86. The fraction of sp³-hybridized carbons (Fsp3) is 0.269. The van der Waals surface area contributed by atoms with E-state index in [-0.39, 0.29) is 17.9 Å². The average molecular weight is 475 g/mol. The highest BCUT2D eigenvalue weighted by Gasteiger charge is 2.41. The first-order valence-corrected chi connectivity index (χ1v) is 11.0. The van der Waals surface area contributed by atoms with Gasteiger partial charge in [-0.25, -0.2) is 4.39 Å². The monoisotopic (exact) mass is 474 g/mol. The molecular formula is C26H23ClF4N2. The van der Waals surface area contributed by atoms with E-state index in [2.05, 4.69) is 16.9 Å². The Kier molecular flexibility index (Phi) is 6.23. The van der Waals surface area contributed by atoms with Gasteiger partial charge in [-0.05, 0) is 67.1 Å². The lowest BCUT2D eigenvalue weighted by molar-refractivity contribution is -0.137. The van der Waals surface area contributed by atoms with Gasteiger partial charge in [0.1, 0.15) is 11.4 Å². The summed E-state index contributed by atoms with van der Waals surface area (Å²) in [5, 5.41) is 3.77. The summed E-state index contributed by atoms with van der Waals surface area (Å²) >= 11 is 6.06. The average Bonchev–Trinajstić information content (AvgIpc) is 3.58. The van der Waals surface area contributed by atoms with Crippen LogP contribution in [0.3, 0.4) is 0 Å². The summed E-state index contributed by atoms with van der Waals surface area (Å²) < 4.78 is 55.5. The topological polar surface area (TPSA) is 24.9 Å². The lowest BCUT2D eigenvalue weighted by atomic mass is 9.79. The Morgan fingerprint density at radius 1 is 1.09 bits per heavy atom. The highest BCUT2D eigenvalue weighted by atomic mass is 35.5. The van der Waals surface area contributed by atoms with Crippen molar-refractivity contribution >= 4 is 11.6 Å². The van der Waals surface area contributed by atoms with Crippen LogP contribution in [0.1, 0.15) is 40.8 Å². The molecule has 33 heavy (non-hydrogen) atoms. The zero-order valence-corrected chi connectivity index (χ0v) is 18.8. The van der Waals surface area contributed by atoms with Gasteiger partial charge < -0.3 is 5.32 Å². The molecule has 0 bridgehead atoms. The molecule has 0 radical (unpaired) electrons. The minimum Gasteiger partial charge on any atom is -0.374 e. The molecule has 7 heteroatoms. The van der Waals surface area contributed by atoms with E-state index < -0.39 is 23.1 Å². The van der Waals surface area contributed by atoms with E-state index in [4.69, 9.17) is 11.6 Å². The summed E-state index contributed by atoms with van der Waals surface area (Å²) in [6, 6.07) is 13.6. The number of nitrogens with zero attached hydrogens (tertiary/aromatic N) is 1. The van der Waals surface area contributed by atoms with Crippen LogP contribution in [0, 0.1) is 18.7 Å². The number of allylic oxidation sites excluding steroid dienone is 1. The van der Waals surface area contributed by atoms with Crippen molar-refractivity contribution in [3.63, 3.8) is 0 Å². The van der Waals surface area contributed by atoms with Crippen molar-refractivity contribution in [3.05, 3.63) is 112 Å². The van der Waals surface area contributed by atoms with E-state index in [0.29, 0.717) is 22.5 Å². The van der Waals surface area contributed by atoms with Crippen LogP contribution in [-0.2, 0) is 18.1 Å². The Morgan fingerprint density at radius 3 is 2.42 bits per heavy atom. The summed E-state index contributed by atoms with van der Waals surface area (Å²) in [5.41, 5.74) is 0.751. The van der Waals surface area contributed by atoms with Crippen LogP contribution in [0.5, 0.6) is 0 Å². The van der Waals surface area contributed by atoms with E-state index in [9.17, 15) is 17.6 Å². The van der Waals surface area contributed by atoms with Gasteiger partial charge in [0.2, 0.25) is 0 Å². The number of hydrogen-bond donors (Lipinski definition) is 1. The zero-order chi connectivity index (χ0) is 23.8. The third-order valence-corrected chi connectivity index (χ3v) is 6.10. The van der Waals surface area contributed by atoms with Gasteiger partial charge in [0.15, 0.2) is 0 Å². The Balaban J connectivity index is 1.96. The lowest BCUT2D eigenvalue weighted by Gasteiger charge is -2.37. The van der Waals surface area contributed by atoms with Crippen molar-refractivity contribution in [3.8, 4) is 0 Å². The van der Waals surface area contributed by atoms with Gasteiger partial charge in [0.25, 0.3) is 0 Å². The Bertz CT molecular complexity index is 1170. The third kappa shape index (κ3) is 5.22. The molecule has 0 unspecified atom stereocenters. The summed E-state index contributed by atoms with van der Waals surface area (Å²) in [6.07, 6.45) is -1.15. The normalized spacial score (nSPS) is 15.7. The van der Waals surface area contributed by atoms with Gasteiger partial charge in [-0.2, -0.15) is 13.2 Å². The fourth-order valence-corrected chi connectivity index (χ4v) is 4.20. The van der Waals surface area contributed by atoms with E-state index in [1.807, 2.05) is 31.2 Å². The molecule has 1 aliphatic rings. The van der Waals surface area contributed by atoms with Gasteiger partial charge in [-0.3, -0.25) is 4.98 Å². The van der Waals surface area contributed by atoms with Crippen LogP contribution in [0.15, 0.2) is 73.1 Å². The summed E-state index contributed by atoms with van der Waals surface area (Å²) in [4.78, 5) is 4.46. The lowest BCUT2D eigenvalue weighted by Crippen LogP contribution is -2.46. The minimum atomic E-state index is -4.70. The van der Waals surface area contributed by atoms with Crippen molar-refractivity contribution in [1.29, 1.82) is 0 Å². The van der Waals surface area contributed by atoms with Gasteiger partial charge in [-0.1, -0.05) is 48.0 Å². The number of aryl methyl sites for hydroxylation is 1. The summed E-state index contributed by atoms with van der Waals surface area (Å²) in [5.74, 6) is -0.758. The summed E-state index contributed by atoms with van der Waals surface area (Å²) in [6.45, 7) is 6.08. The predicted molar refractivity (Wildman–Crippen MR) is 121 cm³/mol. The molecule has 0 saturated heterocycles. The molecule has 1 aliphatic carbocycles. The quantitative estimate of drug-likeness (QED) is 0.366. The molecule has 3 aromatic rings. The molecule has 1 saturated carbocycles. The molecule has 0 aliphatic heterocycles. The maximum atomic E-state index is 14.6. The molecule has 1 atom stereocenters. The molecule has 172 valence electrons. The van der Waals surface area contributed by atoms with Gasteiger partial charge in [0, 0.05) is 18.3 Å². The van der Waals surface area contributed by atoms with Crippen LogP contribution in [-0.4, -0.2) is 4.98 Å². The van der Waals surface area contributed by atoms with Crippen molar-refractivity contribution in [1.82, 2.24) is 10.3 Å². The van der Waals surface area contributed by atoms with Crippen LogP contribution < -0.4 is 5.32 Å². The van der Waals surface area contributed by atoms with Crippen LogP contribution >= 0.6 is 11.6 Å². The standard InChI is InChI=1S/C26H23ClF4N2/c1-16-4-3-5-18(10-16)14-25(33-17(2)19-6-7-19,24-9-8-22(27)15-32-24)20-11-21(26(29,30)31)13-23(28)12-20/h3-5,8-13,15,19,33H,2,6-7,14H2,1H3/t25-/m1/s1. The van der Waals surface area contributed by atoms with Crippen molar-refractivity contribution in [2.45, 2.75) is 37.9 Å². The second-order valence-corrected chi connectivity index (χ2v) is 9.02. The maximum absolute atomic E-state index is 14.6. The summed E-state index contributed by atoms with van der Waals surface area (Å²) in [7, 11) is 0. The van der Waals surface area contributed by atoms with Crippen LogP contribution in [0.25, 0.3) is 0 Å². The molecule has 2 nitrogen and oxygen atoms in total. The smallest absolute Gasteiger partial charge is 0.374 e. The van der Waals surface area contributed by atoms with Crippen LogP contribution in [0.4, 0.5) is 17.6 Å². The number of halogens is 5. The van der Waals surface area contributed by atoms with Crippen molar-refractivity contribution < 1.29 is 17.6 Å². The first-order valence-electron chi connectivity index (χ1n) is 10.6. The molecule has 2 aromatic carbocycles. The number of pyridine rings is 1. The van der Waals surface area contributed by atoms with Gasteiger partial charge in [-0.15, -0.1) is 0 Å². The van der Waals surface area contributed by atoms with Crippen molar-refractivity contribution in [2.75, 3.05) is 0 Å². The largest absolute Gasteiger partial charge is 0.416 e. The number of benzene rings is 2. The number of aromatic nitrogens is 1. The molecule has 1 heterocycles. The van der Waals surface area contributed by atoms with Gasteiger partial charge >= 0.3 is 6.18 Å². The first kappa shape index (κ1) is 23.3. The number of nitrogens with one attached hydrogen (secondary N) is 1. The van der Waals surface area contributed by atoms with Gasteiger partial charge in [0.05, 0.1) is 16.3 Å². The SMILES string of the molecule is C=C(N[C@](Cc1cccc(C)c1)(c1cc(F)cc(C(F)(F)F)c1)c1ccc(Cl)cn1)C1CC1. The molecule has 4 rings (SSSR count).